The lowest BCUT2D eigenvalue weighted by Crippen LogP contribution is -2.27. The topological polar surface area (TPSA) is 24.5 Å². The molecule has 0 bridgehead atoms. The lowest BCUT2D eigenvalue weighted by Gasteiger charge is -2.19. The van der Waals surface area contributed by atoms with Gasteiger partial charge >= 0.3 is 0 Å². The maximum Gasteiger partial charge on any atom is 0.124 e. The van der Waals surface area contributed by atoms with E-state index in [-0.39, 0.29) is 0 Å². The number of rotatable bonds is 8. The molecule has 0 unspecified atom stereocenters. The third kappa shape index (κ3) is 5.34. The summed E-state index contributed by atoms with van der Waals surface area (Å²) in [7, 11) is 4.08. The van der Waals surface area contributed by atoms with Crippen molar-refractivity contribution in [2.24, 2.45) is 0 Å². The molecule has 0 heterocycles. The minimum atomic E-state index is 0.526. The first-order chi connectivity index (χ1) is 10.7. The summed E-state index contributed by atoms with van der Waals surface area (Å²) < 4.78 is 5.98. The number of halogens is 1. The van der Waals surface area contributed by atoms with Crippen molar-refractivity contribution in [1.82, 2.24) is 10.2 Å². The minimum Gasteiger partial charge on any atom is -0.489 e. The number of nitrogens with zero attached hydrogens (tertiary/aromatic N) is 1. The van der Waals surface area contributed by atoms with E-state index in [9.17, 15) is 0 Å². The SMILES string of the molecule is CNCCN(C)Cc1ccccc1OCc1cccc(Cl)c1. The van der Waals surface area contributed by atoms with Gasteiger partial charge in [-0.15, -0.1) is 0 Å². The van der Waals surface area contributed by atoms with Crippen LogP contribution in [0.25, 0.3) is 0 Å². The van der Waals surface area contributed by atoms with Gasteiger partial charge in [-0.25, -0.2) is 0 Å². The summed E-state index contributed by atoms with van der Waals surface area (Å²) >= 11 is 6.01. The lowest BCUT2D eigenvalue weighted by molar-refractivity contribution is 0.285. The first-order valence-electron chi connectivity index (χ1n) is 7.47. The van der Waals surface area contributed by atoms with Crippen LogP contribution in [0.1, 0.15) is 11.1 Å². The molecule has 118 valence electrons. The van der Waals surface area contributed by atoms with Crippen LogP contribution in [0, 0.1) is 0 Å². The molecule has 0 aliphatic carbocycles. The van der Waals surface area contributed by atoms with Gasteiger partial charge in [0, 0.05) is 30.2 Å². The number of ether oxygens (including phenoxy) is 1. The average molecular weight is 319 g/mol. The molecule has 0 radical (unpaired) electrons. The molecule has 0 saturated carbocycles. The van der Waals surface area contributed by atoms with Crippen molar-refractivity contribution in [3.8, 4) is 5.75 Å². The number of para-hydroxylation sites is 1. The van der Waals surface area contributed by atoms with Crippen LogP contribution in [0.5, 0.6) is 5.75 Å². The molecule has 0 atom stereocenters. The number of hydrogen-bond acceptors (Lipinski definition) is 3. The molecule has 2 aromatic rings. The third-order valence-electron chi connectivity index (χ3n) is 3.44. The zero-order valence-corrected chi connectivity index (χ0v) is 13.9. The third-order valence-corrected chi connectivity index (χ3v) is 3.67. The molecule has 3 nitrogen and oxygen atoms in total. The normalized spacial score (nSPS) is 10.9. The molecule has 0 amide bonds. The Kier molecular flexibility index (Phi) is 6.72. The summed E-state index contributed by atoms with van der Waals surface area (Å²) in [5.41, 5.74) is 2.27. The van der Waals surface area contributed by atoms with Crippen LogP contribution < -0.4 is 10.1 Å². The van der Waals surface area contributed by atoms with E-state index in [4.69, 9.17) is 16.3 Å². The van der Waals surface area contributed by atoms with Crippen LogP contribution >= 0.6 is 11.6 Å². The van der Waals surface area contributed by atoms with Gasteiger partial charge in [-0.3, -0.25) is 0 Å². The van der Waals surface area contributed by atoms with E-state index in [1.54, 1.807) is 0 Å². The Morgan fingerprint density at radius 2 is 1.95 bits per heavy atom. The summed E-state index contributed by atoms with van der Waals surface area (Å²) in [4.78, 5) is 2.28. The second kappa shape index (κ2) is 8.79. The number of benzene rings is 2. The van der Waals surface area contributed by atoms with Gasteiger partial charge in [0.1, 0.15) is 12.4 Å². The fourth-order valence-electron chi connectivity index (χ4n) is 2.24. The van der Waals surface area contributed by atoms with Crippen molar-refractivity contribution in [2.75, 3.05) is 27.2 Å². The second-order valence-electron chi connectivity index (χ2n) is 5.37. The minimum absolute atomic E-state index is 0.526. The summed E-state index contributed by atoms with van der Waals surface area (Å²) in [5.74, 6) is 0.929. The van der Waals surface area contributed by atoms with Crippen LogP contribution in [0.2, 0.25) is 5.02 Å². The van der Waals surface area contributed by atoms with E-state index in [0.717, 1.165) is 36.0 Å². The molecule has 4 heteroatoms. The first-order valence-corrected chi connectivity index (χ1v) is 7.85. The van der Waals surface area contributed by atoms with Gasteiger partial charge in [0.15, 0.2) is 0 Å². The maximum absolute atomic E-state index is 6.01. The highest BCUT2D eigenvalue weighted by Gasteiger charge is 2.06. The molecule has 0 aliphatic heterocycles. The molecule has 0 saturated heterocycles. The van der Waals surface area contributed by atoms with Crippen LogP contribution in [0.15, 0.2) is 48.5 Å². The Hall–Kier alpha value is -1.55. The molecule has 0 spiro atoms. The zero-order chi connectivity index (χ0) is 15.8. The highest BCUT2D eigenvalue weighted by Crippen LogP contribution is 2.21. The van der Waals surface area contributed by atoms with Crippen LogP contribution in [0.3, 0.4) is 0 Å². The highest BCUT2D eigenvalue weighted by atomic mass is 35.5. The fraction of sp³-hybridized carbons (Fsp3) is 0.333. The molecule has 1 N–H and O–H groups in total. The fourth-order valence-corrected chi connectivity index (χ4v) is 2.45. The Labute approximate surface area is 137 Å². The van der Waals surface area contributed by atoms with Gasteiger partial charge in [0.25, 0.3) is 0 Å². The van der Waals surface area contributed by atoms with Crippen molar-refractivity contribution in [3.05, 3.63) is 64.7 Å². The average Bonchev–Trinajstić information content (AvgIpc) is 2.52. The Balaban J connectivity index is 1.98. The number of hydrogen-bond donors (Lipinski definition) is 1. The predicted molar refractivity (Wildman–Crippen MR) is 92.5 cm³/mol. The van der Waals surface area contributed by atoms with Crippen molar-refractivity contribution >= 4 is 11.6 Å². The van der Waals surface area contributed by atoms with Crippen LogP contribution in [-0.2, 0) is 13.2 Å². The maximum atomic E-state index is 6.01. The van der Waals surface area contributed by atoms with E-state index in [1.165, 1.54) is 5.56 Å². The van der Waals surface area contributed by atoms with Crippen molar-refractivity contribution < 1.29 is 4.74 Å². The van der Waals surface area contributed by atoms with Crippen molar-refractivity contribution in [2.45, 2.75) is 13.2 Å². The molecule has 2 aromatic carbocycles. The zero-order valence-electron chi connectivity index (χ0n) is 13.2. The molecule has 0 aromatic heterocycles. The summed E-state index contributed by atoms with van der Waals surface area (Å²) in [6.07, 6.45) is 0. The second-order valence-corrected chi connectivity index (χ2v) is 5.80. The van der Waals surface area contributed by atoms with E-state index in [0.29, 0.717) is 6.61 Å². The van der Waals surface area contributed by atoms with Crippen molar-refractivity contribution in [3.63, 3.8) is 0 Å². The van der Waals surface area contributed by atoms with E-state index < -0.39 is 0 Å². The van der Waals surface area contributed by atoms with E-state index in [2.05, 4.69) is 23.3 Å². The molecular weight excluding hydrogens is 296 g/mol. The van der Waals surface area contributed by atoms with Crippen LogP contribution in [-0.4, -0.2) is 32.1 Å². The molecular formula is C18H23ClN2O. The van der Waals surface area contributed by atoms with Gasteiger partial charge in [-0.05, 0) is 37.9 Å². The van der Waals surface area contributed by atoms with Crippen molar-refractivity contribution in [1.29, 1.82) is 0 Å². The lowest BCUT2D eigenvalue weighted by atomic mass is 10.2. The Bertz CT molecular complexity index is 589. The smallest absolute Gasteiger partial charge is 0.124 e. The Morgan fingerprint density at radius 3 is 2.73 bits per heavy atom. The summed E-state index contributed by atoms with van der Waals surface area (Å²) in [6, 6.07) is 16.0. The quantitative estimate of drug-likeness (QED) is 0.805. The number of likely N-dealkylation sites (N-methyl/N-ethyl adjacent to an activating group) is 2. The number of nitrogens with one attached hydrogen (secondary N) is 1. The van der Waals surface area contributed by atoms with Gasteiger partial charge in [-0.1, -0.05) is 41.9 Å². The molecule has 0 fully saturated rings. The van der Waals surface area contributed by atoms with Gasteiger partial charge in [0.05, 0.1) is 0 Å². The largest absolute Gasteiger partial charge is 0.489 e. The monoisotopic (exact) mass is 318 g/mol. The molecule has 22 heavy (non-hydrogen) atoms. The standard InChI is InChI=1S/C18H23ClN2O/c1-20-10-11-21(2)13-16-7-3-4-9-18(16)22-14-15-6-5-8-17(19)12-15/h3-9,12,20H,10-11,13-14H2,1-2H3. The van der Waals surface area contributed by atoms with E-state index in [1.807, 2.05) is 49.5 Å². The highest BCUT2D eigenvalue weighted by molar-refractivity contribution is 6.30. The van der Waals surface area contributed by atoms with E-state index >= 15 is 0 Å². The summed E-state index contributed by atoms with van der Waals surface area (Å²) in [5, 5.41) is 3.90. The van der Waals surface area contributed by atoms with Gasteiger partial charge in [0.2, 0.25) is 0 Å². The molecule has 0 aliphatic rings. The summed E-state index contributed by atoms with van der Waals surface area (Å²) in [6.45, 7) is 3.37. The Morgan fingerprint density at radius 1 is 1.14 bits per heavy atom. The van der Waals surface area contributed by atoms with Crippen LogP contribution in [0.4, 0.5) is 0 Å². The predicted octanol–water partition coefficient (Wildman–Crippen LogP) is 3.57. The molecule has 2 rings (SSSR count). The van der Waals surface area contributed by atoms with Gasteiger partial charge < -0.3 is 15.0 Å². The van der Waals surface area contributed by atoms with Gasteiger partial charge in [-0.2, -0.15) is 0 Å². The first kappa shape index (κ1) is 16.8.